The van der Waals surface area contributed by atoms with E-state index in [0.717, 1.165) is 5.56 Å². The summed E-state index contributed by atoms with van der Waals surface area (Å²) in [5.41, 5.74) is 3.10. The van der Waals surface area contributed by atoms with E-state index in [1.165, 1.54) is 11.1 Å². The third-order valence-electron chi connectivity index (χ3n) is 4.98. The fourth-order valence-electron chi connectivity index (χ4n) is 3.37. The monoisotopic (exact) mass is 430 g/mol. The van der Waals surface area contributed by atoms with E-state index in [1.54, 1.807) is 36.4 Å². The number of hydrogen-bond donors (Lipinski definition) is 0. The number of ether oxygens (including phenoxy) is 2. The van der Waals surface area contributed by atoms with Gasteiger partial charge in [-0.2, -0.15) is 10.1 Å². The number of carbonyl (C=O) groups excluding carboxylic acids is 1. The lowest BCUT2D eigenvalue weighted by Crippen LogP contribution is -2.21. The molecule has 0 aliphatic carbocycles. The number of anilines is 1. The summed E-state index contributed by atoms with van der Waals surface area (Å²) in [6.07, 6.45) is 1.78. The molecule has 0 aromatic heterocycles. The van der Waals surface area contributed by atoms with Crippen LogP contribution in [0.25, 0.3) is 6.08 Å². The average molecular weight is 430 g/mol. The quantitative estimate of drug-likeness (QED) is 0.458. The Hall–Kier alpha value is -3.93. The molecule has 1 aliphatic rings. The van der Waals surface area contributed by atoms with E-state index >= 15 is 0 Å². The van der Waals surface area contributed by atoms with Gasteiger partial charge in [0.25, 0.3) is 5.91 Å². The van der Waals surface area contributed by atoms with Crippen LogP contribution >= 0.6 is 0 Å². The van der Waals surface area contributed by atoms with Crippen LogP contribution < -0.4 is 14.5 Å². The predicted molar refractivity (Wildman–Crippen MR) is 123 cm³/mol. The van der Waals surface area contributed by atoms with Gasteiger partial charge in [-0.05, 0) is 55.8 Å². The van der Waals surface area contributed by atoms with Gasteiger partial charge < -0.3 is 9.47 Å². The van der Waals surface area contributed by atoms with Crippen molar-refractivity contribution >= 4 is 23.4 Å². The van der Waals surface area contributed by atoms with Crippen molar-refractivity contribution in [3.05, 3.63) is 95.3 Å². The fraction of sp³-hybridized carbons (Fsp3) is 0.154. The van der Waals surface area contributed by atoms with Crippen molar-refractivity contribution in [2.45, 2.75) is 20.5 Å². The van der Waals surface area contributed by atoms with Gasteiger partial charge in [0.15, 0.2) is 11.5 Å². The molecule has 0 spiro atoms. The minimum absolute atomic E-state index is 0.0868. The number of nitrogens with zero attached hydrogens (tertiary/aromatic N) is 2. The molecule has 0 unspecified atom stereocenters. The summed E-state index contributed by atoms with van der Waals surface area (Å²) in [6.45, 7) is 4.21. The Bertz CT molecular complexity index is 1190. The number of rotatable bonds is 7. The second kappa shape index (κ2) is 9.47. The highest BCUT2D eigenvalue weighted by Crippen LogP contribution is 2.31. The van der Waals surface area contributed by atoms with Crippen LogP contribution in [0.15, 0.2) is 83.5 Å². The second-order valence-corrected chi connectivity index (χ2v) is 7.22. The van der Waals surface area contributed by atoms with E-state index in [4.69, 9.17) is 9.47 Å². The Labute approximate surface area is 186 Å². The van der Waals surface area contributed by atoms with Crippen LogP contribution in [0.5, 0.6) is 11.5 Å². The zero-order chi connectivity index (χ0) is 22.5. The summed E-state index contributed by atoms with van der Waals surface area (Å²) in [4.78, 5) is 12.9. The molecule has 162 valence electrons. The molecular weight excluding hydrogens is 407 g/mol. The molecule has 3 aromatic carbocycles. The summed E-state index contributed by atoms with van der Waals surface area (Å²) < 4.78 is 25.4. The Morgan fingerprint density at radius 3 is 2.47 bits per heavy atom. The summed E-state index contributed by atoms with van der Waals surface area (Å²) >= 11 is 0. The molecule has 0 radical (unpaired) electrons. The van der Waals surface area contributed by atoms with E-state index in [-0.39, 0.29) is 18.3 Å². The van der Waals surface area contributed by atoms with Gasteiger partial charge in [-0.1, -0.05) is 42.5 Å². The Morgan fingerprint density at radius 1 is 0.969 bits per heavy atom. The summed E-state index contributed by atoms with van der Waals surface area (Å²) in [5.74, 6) is 0.528. The molecule has 0 saturated carbocycles. The molecule has 4 rings (SSSR count). The zero-order valence-corrected chi connectivity index (χ0v) is 17.9. The van der Waals surface area contributed by atoms with Crippen molar-refractivity contribution in [1.29, 1.82) is 0 Å². The molecule has 1 aliphatic heterocycles. The van der Waals surface area contributed by atoms with Crippen LogP contribution in [-0.4, -0.2) is 18.2 Å². The van der Waals surface area contributed by atoms with Gasteiger partial charge in [-0.3, -0.25) is 4.79 Å². The molecule has 0 atom stereocenters. The van der Waals surface area contributed by atoms with Gasteiger partial charge in [0.05, 0.1) is 23.6 Å². The molecule has 1 amide bonds. The van der Waals surface area contributed by atoms with E-state index in [9.17, 15) is 9.18 Å². The van der Waals surface area contributed by atoms with Crippen LogP contribution in [0.3, 0.4) is 0 Å². The second-order valence-electron chi connectivity index (χ2n) is 7.22. The molecule has 5 nitrogen and oxygen atoms in total. The number of halogens is 1. The molecule has 32 heavy (non-hydrogen) atoms. The number of hydrogen-bond acceptors (Lipinski definition) is 4. The number of benzene rings is 3. The number of para-hydroxylation sites is 1. The maximum Gasteiger partial charge on any atom is 0.280 e. The highest BCUT2D eigenvalue weighted by molar-refractivity contribution is 6.32. The zero-order valence-electron chi connectivity index (χ0n) is 17.9. The van der Waals surface area contributed by atoms with Crippen molar-refractivity contribution in [2.75, 3.05) is 11.6 Å². The van der Waals surface area contributed by atoms with Gasteiger partial charge in [-0.15, -0.1) is 0 Å². The SMILES string of the molecule is CCOc1cc(/C=C2/C(=O)N(c3ccccc3)N=C2C)ccc1OCc1ccccc1F. The summed E-state index contributed by atoms with van der Waals surface area (Å²) in [5, 5.41) is 5.80. The van der Waals surface area contributed by atoms with Crippen molar-refractivity contribution in [2.24, 2.45) is 5.10 Å². The maximum atomic E-state index is 13.9. The van der Waals surface area contributed by atoms with E-state index in [2.05, 4.69) is 5.10 Å². The summed E-state index contributed by atoms with van der Waals surface area (Å²) in [6, 6.07) is 21.2. The van der Waals surface area contributed by atoms with E-state index < -0.39 is 0 Å². The fourth-order valence-corrected chi connectivity index (χ4v) is 3.37. The first-order valence-electron chi connectivity index (χ1n) is 10.4. The van der Waals surface area contributed by atoms with Gasteiger partial charge in [0, 0.05) is 5.56 Å². The van der Waals surface area contributed by atoms with Gasteiger partial charge >= 0.3 is 0 Å². The minimum atomic E-state index is -0.315. The van der Waals surface area contributed by atoms with Crippen LogP contribution in [0.4, 0.5) is 10.1 Å². The Morgan fingerprint density at radius 2 is 1.72 bits per heavy atom. The Balaban J connectivity index is 1.57. The third kappa shape index (κ3) is 4.54. The van der Waals surface area contributed by atoms with Crippen molar-refractivity contribution < 1.29 is 18.7 Å². The van der Waals surface area contributed by atoms with E-state index in [1.807, 2.05) is 50.2 Å². The molecule has 0 bridgehead atoms. The minimum Gasteiger partial charge on any atom is -0.490 e. The normalized spacial score (nSPS) is 14.6. The predicted octanol–water partition coefficient (Wildman–Crippen LogP) is 5.61. The first kappa shape index (κ1) is 21.3. The topological polar surface area (TPSA) is 51.1 Å². The standard InChI is InChI=1S/C26H23FN2O3/c1-3-31-25-16-19(13-14-24(25)32-17-20-9-7-8-12-23(20)27)15-22-18(2)28-29(26(22)30)21-10-5-4-6-11-21/h4-16H,3,17H2,1-2H3/b22-15+. The third-order valence-corrected chi connectivity index (χ3v) is 4.98. The molecule has 1 heterocycles. The molecule has 0 saturated heterocycles. The van der Waals surface area contributed by atoms with Crippen LogP contribution in [0.1, 0.15) is 25.0 Å². The number of carbonyl (C=O) groups is 1. The Kier molecular flexibility index (Phi) is 6.31. The molecule has 0 fully saturated rings. The number of hydrazone groups is 1. The largest absolute Gasteiger partial charge is 0.490 e. The highest BCUT2D eigenvalue weighted by Gasteiger charge is 2.28. The van der Waals surface area contributed by atoms with E-state index in [0.29, 0.717) is 40.6 Å². The van der Waals surface area contributed by atoms with Crippen molar-refractivity contribution in [3.8, 4) is 11.5 Å². The lowest BCUT2D eigenvalue weighted by molar-refractivity contribution is -0.114. The van der Waals surface area contributed by atoms with Crippen molar-refractivity contribution in [3.63, 3.8) is 0 Å². The maximum absolute atomic E-state index is 13.9. The van der Waals surface area contributed by atoms with Gasteiger partial charge in [0.2, 0.25) is 0 Å². The van der Waals surface area contributed by atoms with Gasteiger partial charge in [0.1, 0.15) is 12.4 Å². The average Bonchev–Trinajstić information content (AvgIpc) is 3.08. The first-order chi connectivity index (χ1) is 15.6. The number of amides is 1. The van der Waals surface area contributed by atoms with Crippen LogP contribution in [-0.2, 0) is 11.4 Å². The smallest absolute Gasteiger partial charge is 0.280 e. The molecule has 6 heteroatoms. The van der Waals surface area contributed by atoms with Gasteiger partial charge in [-0.25, -0.2) is 4.39 Å². The lowest BCUT2D eigenvalue weighted by atomic mass is 10.1. The first-order valence-corrected chi connectivity index (χ1v) is 10.4. The van der Waals surface area contributed by atoms with Crippen molar-refractivity contribution in [1.82, 2.24) is 0 Å². The summed E-state index contributed by atoms with van der Waals surface area (Å²) in [7, 11) is 0. The van der Waals surface area contributed by atoms with Crippen LogP contribution in [0.2, 0.25) is 0 Å². The highest BCUT2D eigenvalue weighted by atomic mass is 19.1. The molecule has 0 N–H and O–H groups in total. The molecular formula is C26H23FN2O3. The molecule has 3 aromatic rings. The lowest BCUT2D eigenvalue weighted by Gasteiger charge is -2.13. The van der Waals surface area contributed by atoms with Crippen LogP contribution in [0, 0.1) is 5.82 Å².